The molecular formula is C14H21BrN2O2S. The molecule has 0 radical (unpaired) electrons. The van der Waals surface area contributed by atoms with Crippen molar-refractivity contribution in [3.05, 3.63) is 28.7 Å². The second-order valence-corrected chi connectivity index (χ2v) is 8.53. The molecule has 1 aromatic carbocycles. The summed E-state index contributed by atoms with van der Waals surface area (Å²) in [5, 5.41) is 0. The van der Waals surface area contributed by atoms with Gasteiger partial charge in [-0.3, -0.25) is 0 Å². The molecule has 4 nitrogen and oxygen atoms in total. The average molecular weight is 361 g/mol. The van der Waals surface area contributed by atoms with Crippen LogP contribution in [0.5, 0.6) is 0 Å². The number of nitrogens with zero attached hydrogens (tertiary/aromatic N) is 2. The number of likely N-dealkylation sites (N-methyl/N-ethyl adjacent to an activating group) is 2. The van der Waals surface area contributed by atoms with Gasteiger partial charge in [-0.15, -0.1) is 0 Å². The quantitative estimate of drug-likeness (QED) is 0.809. The molecule has 0 unspecified atom stereocenters. The Balaban J connectivity index is 2.24. The highest BCUT2D eigenvalue weighted by molar-refractivity contribution is 9.10. The molecule has 0 atom stereocenters. The molecule has 20 heavy (non-hydrogen) atoms. The van der Waals surface area contributed by atoms with Gasteiger partial charge in [0, 0.05) is 23.6 Å². The fraction of sp³-hybridized carbons (Fsp3) is 0.571. The van der Waals surface area contributed by atoms with Crippen molar-refractivity contribution in [2.45, 2.75) is 29.7 Å². The summed E-state index contributed by atoms with van der Waals surface area (Å²) in [4.78, 5) is 2.48. The summed E-state index contributed by atoms with van der Waals surface area (Å²) < 4.78 is 27.4. The Bertz CT molecular complexity index is 583. The molecule has 0 spiro atoms. The maximum Gasteiger partial charge on any atom is 0.244 e. The summed E-state index contributed by atoms with van der Waals surface area (Å²) in [5.74, 6) is 0. The van der Waals surface area contributed by atoms with E-state index >= 15 is 0 Å². The van der Waals surface area contributed by atoms with Crippen LogP contribution < -0.4 is 0 Å². The molecule has 1 aromatic rings. The van der Waals surface area contributed by atoms with E-state index in [1.54, 1.807) is 25.2 Å². The molecule has 1 fully saturated rings. The van der Waals surface area contributed by atoms with Crippen LogP contribution >= 0.6 is 15.9 Å². The van der Waals surface area contributed by atoms with Gasteiger partial charge in [-0.05, 0) is 61.4 Å². The highest BCUT2D eigenvalue weighted by Crippen LogP contribution is 2.37. The Labute approximate surface area is 129 Å². The molecule has 6 heteroatoms. The van der Waals surface area contributed by atoms with E-state index in [2.05, 4.69) is 20.8 Å². The third-order valence-electron chi connectivity index (χ3n) is 4.27. The number of halogens is 1. The summed E-state index contributed by atoms with van der Waals surface area (Å²) in [6.45, 7) is 0.531. The summed E-state index contributed by atoms with van der Waals surface area (Å²) in [6.07, 6.45) is 3.27. The minimum absolute atomic E-state index is 0.0108. The first-order valence-electron chi connectivity index (χ1n) is 6.68. The van der Waals surface area contributed by atoms with Gasteiger partial charge in [-0.25, -0.2) is 8.42 Å². The number of hydrogen-bond donors (Lipinski definition) is 0. The minimum atomic E-state index is -3.45. The van der Waals surface area contributed by atoms with Gasteiger partial charge in [0.1, 0.15) is 0 Å². The van der Waals surface area contributed by atoms with Gasteiger partial charge in [0.25, 0.3) is 0 Å². The fourth-order valence-electron chi connectivity index (χ4n) is 2.65. The SMILES string of the molecule is CN(C)C1(CN(C)S(=O)(=O)c2ccccc2Br)CCC1. The lowest BCUT2D eigenvalue weighted by Gasteiger charge is -2.49. The van der Waals surface area contributed by atoms with Crippen LogP contribution in [0.1, 0.15) is 19.3 Å². The van der Waals surface area contributed by atoms with Crippen LogP contribution in [0, 0.1) is 0 Å². The Morgan fingerprint density at radius 1 is 1.20 bits per heavy atom. The molecule has 1 saturated carbocycles. The second-order valence-electron chi connectivity index (χ2n) is 5.66. The van der Waals surface area contributed by atoms with Crippen LogP contribution in [0.2, 0.25) is 0 Å². The van der Waals surface area contributed by atoms with Gasteiger partial charge in [-0.2, -0.15) is 4.31 Å². The molecule has 1 aliphatic carbocycles. The van der Waals surface area contributed by atoms with Crippen LogP contribution in [-0.2, 0) is 10.0 Å². The van der Waals surface area contributed by atoms with Crippen molar-refractivity contribution >= 4 is 26.0 Å². The second kappa shape index (κ2) is 5.75. The summed E-state index contributed by atoms with van der Waals surface area (Å²) in [5.41, 5.74) is -0.0108. The van der Waals surface area contributed by atoms with Gasteiger partial charge in [-0.1, -0.05) is 12.1 Å². The van der Waals surface area contributed by atoms with Gasteiger partial charge in [0.05, 0.1) is 4.90 Å². The first-order chi connectivity index (χ1) is 9.29. The van der Waals surface area contributed by atoms with E-state index in [1.165, 1.54) is 10.7 Å². The summed E-state index contributed by atoms with van der Waals surface area (Å²) in [7, 11) is 2.26. The molecule has 1 aliphatic rings. The molecule has 0 N–H and O–H groups in total. The van der Waals surface area contributed by atoms with Gasteiger partial charge >= 0.3 is 0 Å². The van der Waals surface area contributed by atoms with Crippen LogP contribution in [-0.4, -0.2) is 50.8 Å². The molecular weight excluding hydrogens is 340 g/mol. The smallest absolute Gasteiger partial charge is 0.244 e. The van der Waals surface area contributed by atoms with Crippen LogP contribution in [0.15, 0.2) is 33.6 Å². The zero-order valence-electron chi connectivity index (χ0n) is 12.1. The van der Waals surface area contributed by atoms with Crippen molar-refractivity contribution in [2.75, 3.05) is 27.7 Å². The lowest BCUT2D eigenvalue weighted by molar-refractivity contribution is 0.0455. The third-order valence-corrected chi connectivity index (χ3v) is 7.09. The van der Waals surface area contributed by atoms with E-state index in [0.29, 0.717) is 15.9 Å². The van der Waals surface area contributed by atoms with Gasteiger partial charge in [0.15, 0.2) is 0 Å². The van der Waals surface area contributed by atoms with E-state index in [0.717, 1.165) is 12.8 Å². The molecule has 0 heterocycles. The monoisotopic (exact) mass is 360 g/mol. The first-order valence-corrected chi connectivity index (χ1v) is 8.91. The van der Waals surface area contributed by atoms with Crippen molar-refractivity contribution in [1.82, 2.24) is 9.21 Å². The number of benzene rings is 1. The summed E-state index contributed by atoms with van der Waals surface area (Å²) in [6, 6.07) is 6.96. The number of sulfonamides is 1. The van der Waals surface area contributed by atoms with Crippen molar-refractivity contribution < 1.29 is 8.42 Å². The molecule has 0 aliphatic heterocycles. The van der Waals surface area contributed by atoms with E-state index in [9.17, 15) is 8.42 Å². The van der Waals surface area contributed by atoms with Gasteiger partial charge in [0.2, 0.25) is 10.0 Å². The van der Waals surface area contributed by atoms with Crippen molar-refractivity contribution in [3.8, 4) is 0 Å². The standard InChI is InChI=1S/C14H21BrN2O2S/c1-16(2)14(9-6-10-14)11-17(3)20(18,19)13-8-5-4-7-12(13)15/h4-5,7-8H,6,9-11H2,1-3H3. The molecule has 0 aromatic heterocycles. The normalized spacial score (nSPS) is 18.3. The van der Waals surface area contributed by atoms with Crippen molar-refractivity contribution in [1.29, 1.82) is 0 Å². The van der Waals surface area contributed by atoms with E-state index in [-0.39, 0.29) is 5.54 Å². The van der Waals surface area contributed by atoms with Crippen LogP contribution in [0.3, 0.4) is 0 Å². The number of rotatable bonds is 5. The number of hydrogen-bond acceptors (Lipinski definition) is 3. The molecule has 0 amide bonds. The Morgan fingerprint density at radius 3 is 2.25 bits per heavy atom. The topological polar surface area (TPSA) is 40.6 Å². The van der Waals surface area contributed by atoms with Crippen molar-refractivity contribution in [2.24, 2.45) is 0 Å². The largest absolute Gasteiger partial charge is 0.302 e. The Kier molecular flexibility index (Phi) is 4.59. The minimum Gasteiger partial charge on any atom is -0.302 e. The third kappa shape index (κ3) is 2.79. The van der Waals surface area contributed by atoms with E-state index in [1.807, 2.05) is 20.2 Å². The zero-order valence-corrected chi connectivity index (χ0v) is 14.5. The highest BCUT2D eigenvalue weighted by atomic mass is 79.9. The predicted molar refractivity (Wildman–Crippen MR) is 84.2 cm³/mol. The van der Waals surface area contributed by atoms with Crippen molar-refractivity contribution in [3.63, 3.8) is 0 Å². The fourth-order valence-corrected chi connectivity index (χ4v) is 4.86. The van der Waals surface area contributed by atoms with Gasteiger partial charge < -0.3 is 4.90 Å². The van der Waals surface area contributed by atoms with Crippen LogP contribution in [0.25, 0.3) is 0 Å². The first kappa shape index (κ1) is 15.9. The van der Waals surface area contributed by atoms with E-state index < -0.39 is 10.0 Å². The molecule has 112 valence electrons. The molecule has 2 rings (SSSR count). The lowest BCUT2D eigenvalue weighted by atomic mass is 9.75. The Morgan fingerprint density at radius 2 is 1.80 bits per heavy atom. The molecule has 0 saturated heterocycles. The zero-order chi connectivity index (χ0) is 15.0. The summed E-state index contributed by atoms with van der Waals surface area (Å²) >= 11 is 3.32. The maximum atomic E-state index is 12.7. The Hall–Kier alpha value is -0.430. The molecule has 0 bridgehead atoms. The van der Waals surface area contributed by atoms with E-state index in [4.69, 9.17) is 0 Å². The maximum absolute atomic E-state index is 12.7. The highest BCUT2D eigenvalue weighted by Gasteiger charge is 2.42. The predicted octanol–water partition coefficient (Wildman–Crippen LogP) is 2.55. The van der Waals surface area contributed by atoms with Crippen LogP contribution in [0.4, 0.5) is 0 Å². The average Bonchev–Trinajstić information content (AvgIpc) is 2.33. The lowest BCUT2D eigenvalue weighted by Crippen LogP contribution is -2.57.